The number of carbonyl (C=O) groups is 2. The third kappa shape index (κ3) is 6.08. The van der Waals surface area contributed by atoms with Gasteiger partial charge in [0.1, 0.15) is 0 Å². The van der Waals surface area contributed by atoms with E-state index in [-0.39, 0.29) is 18.2 Å². The van der Waals surface area contributed by atoms with E-state index in [0.29, 0.717) is 24.6 Å². The Hall–Kier alpha value is -1.68. The van der Waals surface area contributed by atoms with Crippen molar-refractivity contribution in [1.29, 1.82) is 0 Å². The molecule has 1 unspecified atom stereocenters. The number of nitrogens with one attached hydrogen (secondary N) is 1. The summed E-state index contributed by atoms with van der Waals surface area (Å²) in [6.45, 7) is 8.86. The van der Waals surface area contributed by atoms with Crippen LogP contribution in [0, 0.1) is 12.8 Å². The van der Waals surface area contributed by atoms with Crippen molar-refractivity contribution in [1.82, 2.24) is 5.32 Å². The summed E-state index contributed by atoms with van der Waals surface area (Å²) in [4.78, 5) is 24.2. The number of rotatable bonds is 8. The van der Waals surface area contributed by atoms with Crippen LogP contribution in [0.5, 0.6) is 0 Å². The molecule has 1 rings (SSSR count). The lowest BCUT2D eigenvalue weighted by atomic mass is 10.00. The zero-order valence-corrected chi connectivity index (χ0v) is 13.3. The van der Waals surface area contributed by atoms with Crippen molar-refractivity contribution < 1.29 is 14.3 Å². The maximum Gasteiger partial charge on any atom is 0.307 e. The molecule has 4 heteroatoms. The van der Waals surface area contributed by atoms with Gasteiger partial charge in [0.25, 0.3) is 0 Å². The van der Waals surface area contributed by atoms with Gasteiger partial charge in [-0.25, -0.2) is 0 Å². The van der Waals surface area contributed by atoms with Crippen molar-refractivity contribution in [2.45, 2.75) is 40.2 Å². The predicted octanol–water partition coefficient (Wildman–Crippen LogP) is 2.75. The van der Waals surface area contributed by atoms with Gasteiger partial charge in [-0.1, -0.05) is 43.7 Å². The minimum Gasteiger partial charge on any atom is -0.466 e. The number of esters is 1. The normalized spacial score (nSPS) is 12.2. The van der Waals surface area contributed by atoms with Crippen LogP contribution in [0.4, 0.5) is 0 Å². The Bertz CT molecular complexity index is 465. The zero-order chi connectivity index (χ0) is 15.8. The highest BCUT2D eigenvalue weighted by atomic mass is 16.5. The van der Waals surface area contributed by atoms with E-state index in [1.54, 1.807) is 19.1 Å². The van der Waals surface area contributed by atoms with Gasteiger partial charge in [0.15, 0.2) is 5.78 Å². The molecule has 1 atom stereocenters. The highest BCUT2D eigenvalue weighted by Gasteiger charge is 2.23. The van der Waals surface area contributed by atoms with Crippen LogP contribution in [0.25, 0.3) is 0 Å². The molecule has 0 aliphatic heterocycles. The molecule has 116 valence electrons. The minimum atomic E-state index is -0.533. The molecule has 0 fully saturated rings. The molecule has 0 aliphatic carbocycles. The molecule has 0 spiro atoms. The second kappa shape index (κ2) is 8.57. The third-order valence-electron chi connectivity index (χ3n) is 3.10. The first kappa shape index (κ1) is 17.4. The van der Waals surface area contributed by atoms with Gasteiger partial charge in [-0.2, -0.15) is 0 Å². The maximum absolute atomic E-state index is 12.5. The van der Waals surface area contributed by atoms with Gasteiger partial charge in [0.05, 0.1) is 19.1 Å². The van der Waals surface area contributed by atoms with Crippen LogP contribution >= 0.6 is 0 Å². The molecular formula is C17H25NO3. The van der Waals surface area contributed by atoms with Gasteiger partial charge in [0.2, 0.25) is 0 Å². The van der Waals surface area contributed by atoms with E-state index < -0.39 is 6.04 Å². The lowest BCUT2D eigenvalue weighted by Gasteiger charge is -2.18. The smallest absolute Gasteiger partial charge is 0.307 e. The Morgan fingerprint density at radius 3 is 2.33 bits per heavy atom. The third-order valence-corrected chi connectivity index (χ3v) is 3.10. The number of ether oxygens (including phenoxy) is 1. The first-order valence-corrected chi connectivity index (χ1v) is 7.44. The lowest BCUT2D eigenvalue weighted by Crippen LogP contribution is -2.40. The SMILES string of the molecule is CCOC(=O)CC(NCC(C)C)C(=O)c1ccc(C)cc1. The van der Waals surface area contributed by atoms with Gasteiger partial charge < -0.3 is 10.1 Å². The molecule has 1 aromatic carbocycles. The summed E-state index contributed by atoms with van der Waals surface area (Å²) in [5.41, 5.74) is 1.72. The number of hydrogen-bond donors (Lipinski definition) is 1. The topological polar surface area (TPSA) is 55.4 Å². The first-order chi connectivity index (χ1) is 9.93. The summed E-state index contributed by atoms with van der Waals surface area (Å²) in [7, 11) is 0. The Kier molecular flexibility index (Phi) is 7.09. The minimum absolute atomic E-state index is 0.0628. The van der Waals surface area contributed by atoms with Crippen molar-refractivity contribution in [3.8, 4) is 0 Å². The second-order valence-corrected chi connectivity index (χ2v) is 5.59. The van der Waals surface area contributed by atoms with E-state index in [9.17, 15) is 9.59 Å². The molecule has 1 N–H and O–H groups in total. The summed E-state index contributed by atoms with van der Waals surface area (Å²) in [5, 5.41) is 3.17. The van der Waals surface area contributed by atoms with Crippen LogP contribution in [0.3, 0.4) is 0 Å². The number of hydrogen-bond acceptors (Lipinski definition) is 4. The molecule has 0 saturated carbocycles. The number of ketones is 1. The van der Waals surface area contributed by atoms with E-state index in [1.165, 1.54) is 0 Å². The molecule has 4 nitrogen and oxygen atoms in total. The molecule has 1 aromatic rings. The van der Waals surface area contributed by atoms with Gasteiger partial charge >= 0.3 is 5.97 Å². The largest absolute Gasteiger partial charge is 0.466 e. The molecule has 0 heterocycles. The summed E-state index contributed by atoms with van der Waals surface area (Å²) in [6, 6.07) is 6.86. The highest BCUT2D eigenvalue weighted by molar-refractivity contribution is 6.01. The van der Waals surface area contributed by atoms with E-state index in [1.807, 2.05) is 19.1 Å². The first-order valence-electron chi connectivity index (χ1n) is 7.44. The van der Waals surface area contributed by atoms with E-state index in [4.69, 9.17) is 4.74 Å². The maximum atomic E-state index is 12.5. The fraction of sp³-hybridized carbons (Fsp3) is 0.529. The molecule has 0 bridgehead atoms. The van der Waals surface area contributed by atoms with Crippen LogP contribution in [-0.2, 0) is 9.53 Å². The number of Topliss-reactive ketones (excluding diaryl/α,β-unsaturated/α-hetero) is 1. The van der Waals surface area contributed by atoms with Crippen molar-refractivity contribution in [3.63, 3.8) is 0 Å². The fourth-order valence-corrected chi connectivity index (χ4v) is 1.94. The van der Waals surface area contributed by atoms with Crippen LogP contribution in [0.1, 0.15) is 43.1 Å². The molecule has 0 radical (unpaired) electrons. The highest BCUT2D eigenvalue weighted by Crippen LogP contribution is 2.10. The molecule has 0 aromatic heterocycles. The summed E-state index contributed by atoms with van der Waals surface area (Å²) in [6.07, 6.45) is 0.0628. The Morgan fingerprint density at radius 2 is 1.81 bits per heavy atom. The average Bonchev–Trinajstić information content (AvgIpc) is 2.43. The van der Waals surface area contributed by atoms with Crippen LogP contribution in [0.15, 0.2) is 24.3 Å². The Morgan fingerprint density at radius 1 is 1.19 bits per heavy atom. The van der Waals surface area contributed by atoms with Crippen molar-refractivity contribution in [2.75, 3.05) is 13.2 Å². The number of carbonyl (C=O) groups excluding carboxylic acids is 2. The van der Waals surface area contributed by atoms with Crippen LogP contribution < -0.4 is 5.32 Å². The number of aryl methyl sites for hydroxylation is 1. The fourth-order valence-electron chi connectivity index (χ4n) is 1.94. The summed E-state index contributed by atoms with van der Waals surface area (Å²) < 4.78 is 4.95. The molecule has 0 aliphatic rings. The van der Waals surface area contributed by atoms with Gasteiger partial charge in [-0.15, -0.1) is 0 Å². The van der Waals surface area contributed by atoms with Crippen LogP contribution in [0.2, 0.25) is 0 Å². The second-order valence-electron chi connectivity index (χ2n) is 5.59. The average molecular weight is 291 g/mol. The van der Waals surface area contributed by atoms with Crippen molar-refractivity contribution >= 4 is 11.8 Å². The van der Waals surface area contributed by atoms with E-state index in [2.05, 4.69) is 19.2 Å². The molecular weight excluding hydrogens is 266 g/mol. The Balaban J connectivity index is 2.80. The van der Waals surface area contributed by atoms with Gasteiger partial charge in [0, 0.05) is 5.56 Å². The molecule has 21 heavy (non-hydrogen) atoms. The van der Waals surface area contributed by atoms with Crippen molar-refractivity contribution in [2.24, 2.45) is 5.92 Å². The number of benzene rings is 1. The summed E-state index contributed by atoms with van der Waals surface area (Å²) >= 11 is 0. The van der Waals surface area contributed by atoms with E-state index in [0.717, 1.165) is 5.56 Å². The predicted molar refractivity (Wildman–Crippen MR) is 83.4 cm³/mol. The lowest BCUT2D eigenvalue weighted by molar-refractivity contribution is -0.143. The van der Waals surface area contributed by atoms with Crippen molar-refractivity contribution in [3.05, 3.63) is 35.4 Å². The summed E-state index contributed by atoms with van der Waals surface area (Å²) in [5.74, 6) is -0.0107. The Labute approximate surface area is 126 Å². The van der Waals surface area contributed by atoms with E-state index >= 15 is 0 Å². The zero-order valence-electron chi connectivity index (χ0n) is 13.3. The van der Waals surface area contributed by atoms with Gasteiger partial charge in [-0.05, 0) is 26.3 Å². The standard InChI is InChI=1S/C17H25NO3/c1-5-21-16(19)10-15(18-11-12(2)3)17(20)14-8-6-13(4)7-9-14/h6-9,12,15,18H,5,10-11H2,1-4H3. The molecule has 0 amide bonds. The monoisotopic (exact) mass is 291 g/mol. The molecule has 0 saturated heterocycles. The van der Waals surface area contributed by atoms with Gasteiger partial charge in [-0.3, -0.25) is 9.59 Å². The van der Waals surface area contributed by atoms with Crippen LogP contribution in [-0.4, -0.2) is 30.9 Å². The quantitative estimate of drug-likeness (QED) is 0.591.